The average Bonchev–Trinajstić information content (AvgIpc) is 2.85. The molecule has 2 heterocycles. The molecule has 2 aliphatic heterocycles. The molecular weight excluding hydrogens is 316 g/mol. The summed E-state index contributed by atoms with van der Waals surface area (Å²) in [5.74, 6) is 0.409. The fraction of sp³-hybridized carbons (Fsp3) is 0.429. The number of hydrogen-bond acceptors (Lipinski definition) is 4. The lowest BCUT2D eigenvalue weighted by Crippen LogP contribution is -2.71. The smallest absolute Gasteiger partial charge is 0.196 e. The lowest BCUT2D eigenvalue weighted by atomic mass is 9.53. The predicted octanol–water partition coefficient (Wildman–Crippen LogP) is 3.27. The van der Waals surface area contributed by atoms with Gasteiger partial charge in [0.25, 0.3) is 0 Å². The molecule has 4 bridgehead atoms. The quantitative estimate of drug-likeness (QED) is 0.778. The number of benzene rings is 1. The predicted molar refractivity (Wildman–Crippen MR) is 91.5 cm³/mol. The average molecular weight is 336 g/mol. The Bertz CT molecular complexity index is 876. The Hall–Kier alpha value is -2.20. The maximum Gasteiger partial charge on any atom is 0.196 e. The number of para-hydroxylation sites is 1. The Balaban J connectivity index is 1.77. The highest BCUT2D eigenvalue weighted by molar-refractivity contribution is 6.16. The zero-order valence-electron chi connectivity index (χ0n) is 14.4. The van der Waals surface area contributed by atoms with Gasteiger partial charge in [-0.25, -0.2) is 0 Å². The van der Waals surface area contributed by atoms with Gasteiger partial charge in [0.1, 0.15) is 5.75 Å². The van der Waals surface area contributed by atoms with Crippen molar-refractivity contribution in [3.63, 3.8) is 0 Å². The first-order valence-corrected chi connectivity index (χ1v) is 8.86. The molecule has 2 fully saturated rings. The first kappa shape index (κ1) is 15.1. The maximum absolute atomic E-state index is 13.3. The van der Waals surface area contributed by atoms with Crippen molar-refractivity contribution in [2.45, 2.75) is 37.9 Å². The highest BCUT2D eigenvalue weighted by Gasteiger charge is 2.76. The molecule has 4 nitrogen and oxygen atoms in total. The van der Waals surface area contributed by atoms with E-state index < -0.39 is 11.2 Å². The van der Waals surface area contributed by atoms with Crippen molar-refractivity contribution in [1.82, 2.24) is 0 Å². The van der Waals surface area contributed by atoms with E-state index in [9.17, 15) is 9.59 Å². The van der Waals surface area contributed by atoms with Gasteiger partial charge in [-0.05, 0) is 32.4 Å². The zero-order chi connectivity index (χ0) is 17.4. The minimum absolute atomic E-state index is 0.0175. The number of Topliss-reactive ketones (excluding diaryl/α,β-unsaturated/α-hetero) is 2. The van der Waals surface area contributed by atoms with Gasteiger partial charge in [-0.3, -0.25) is 9.59 Å². The Morgan fingerprint density at radius 1 is 1.28 bits per heavy atom. The molecule has 25 heavy (non-hydrogen) atoms. The Labute approximate surface area is 146 Å². The van der Waals surface area contributed by atoms with Crippen LogP contribution < -0.4 is 4.74 Å². The summed E-state index contributed by atoms with van der Waals surface area (Å²) in [5, 5.41) is 0. The number of carbonyl (C=O) groups excluding carboxylic acids is 2. The van der Waals surface area contributed by atoms with Crippen LogP contribution in [-0.2, 0) is 9.53 Å². The second-order valence-electron chi connectivity index (χ2n) is 7.77. The van der Waals surface area contributed by atoms with Crippen molar-refractivity contribution < 1.29 is 19.1 Å². The third kappa shape index (κ3) is 1.61. The fourth-order valence-corrected chi connectivity index (χ4v) is 5.09. The summed E-state index contributed by atoms with van der Waals surface area (Å²) in [7, 11) is 0. The highest BCUT2D eigenvalue weighted by Crippen LogP contribution is 2.62. The molecule has 0 amide bonds. The van der Waals surface area contributed by atoms with Crippen molar-refractivity contribution in [1.29, 1.82) is 0 Å². The van der Waals surface area contributed by atoms with E-state index >= 15 is 0 Å². The lowest BCUT2D eigenvalue weighted by molar-refractivity contribution is -0.165. The number of hydrogen-bond donors (Lipinski definition) is 0. The largest absolute Gasteiger partial charge is 0.478 e. The summed E-state index contributed by atoms with van der Waals surface area (Å²) >= 11 is 0. The third-order valence-electron chi connectivity index (χ3n) is 6.19. The Morgan fingerprint density at radius 2 is 2.08 bits per heavy atom. The molecule has 0 aromatic heterocycles. The van der Waals surface area contributed by atoms with Gasteiger partial charge >= 0.3 is 0 Å². The molecule has 0 N–H and O–H groups in total. The van der Waals surface area contributed by atoms with Crippen molar-refractivity contribution in [2.75, 3.05) is 6.61 Å². The summed E-state index contributed by atoms with van der Waals surface area (Å²) in [5.41, 5.74) is 0.282. The highest BCUT2D eigenvalue weighted by atomic mass is 16.6. The van der Waals surface area contributed by atoms with Gasteiger partial charge in [-0.15, -0.1) is 0 Å². The monoisotopic (exact) mass is 336 g/mol. The molecule has 6 rings (SSSR count). The molecule has 1 spiro atoms. The van der Waals surface area contributed by atoms with Gasteiger partial charge in [-0.1, -0.05) is 29.9 Å². The van der Waals surface area contributed by atoms with E-state index in [1.165, 1.54) is 0 Å². The van der Waals surface area contributed by atoms with Gasteiger partial charge in [0, 0.05) is 23.8 Å². The number of allylic oxidation sites excluding steroid dienone is 2. The molecule has 5 aliphatic rings. The summed E-state index contributed by atoms with van der Waals surface area (Å²) in [6, 6.07) is 7.31. The topological polar surface area (TPSA) is 52.6 Å². The van der Waals surface area contributed by atoms with Crippen LogP contribution in [0.15, 0.2) is 47.6 Å². The number of ketones is 2. The Kier molecular flexibility index (Phi) is 2.84. The van der Waals surface area contributed by atoms with E-state index in [2.05, 4.69) is 0 Å². The van der Waals surface area contributed by atoms with Crippen molar-refractivity contribution in [3.05, 3.63) is 53.1 Å². The van der Waals surface area contributed by atoms with Crippen LogP contribution >= 0.6 is 0 Å². The van der Waals surface area contributed by atoms with Crippen LogP contribution in [0.5, 0.6) is 5.75 Å². The van der Waals surface area contributed by atoms with Crippen LogP contribution in [0.25, 0.3) is 0 Å². The van der Waals surface area contributed by atoms with E-state index in [0.717, 1.165) is 5.57 Å². The SMILES string of the molecule is CC(C)=CC[C@@]12OC[C@@H]3C[C@@H](C=C4C(=O)c5ccccc5O[C@]431)C2=O. The molecule has 1 aromatic carbocycles. The summed E-state index contributed by atoms with van der Waals surface area (Å²) in [6.45, 7) is 4.47. The standard InChI is InChI=1S/C21H20O4/c1-12(2)7-8-20-19(23)13-9-14(11-24-20)21(20)16(10-13)18(22)15-5-3-4-6-17(15)25-21/h3-7,10,13-14H,8-9,11H2,1-2H3/t13-,14-,20-,21-/m0/s1. The van der Waals surface area contributed by atoms with Crippen molar-refractivity contribution in [2.24, 2.45) is 11.8 Å². The number of carbonyl (C=O) groups is 2. The first-order chi connectivity index (χ1) is 12.0. The van der Waals surface area contributed by atoms with Crippen LogP contribution in [0, 0.1) is 11.8 Å². The second kappa shape index (κ2) is 4.70. The number of ether oxygens (including phenoxy) is 2. The van der Waals surface area contributed by atoms with E-state index in [0.29, 0.717) is 36.3 Å². The van der Waals surface area contributed by atoms with Gasteiger partial charge in [0.05, 0.1) is 12.2 Å². The van der Waals surface area contributed by atoms with E-state index in [-0.39, 0.29) is 23.4 Å². The molecule has 128 valence electrons. The second-order valence-corrected chi connectivity index (χ2v) is 7.77. The van der Waals surface area contributed by atoms with Crippen LogP contribution in [0.1, 0.15) is 37.0 Å². The lowest BCUT2D eigenvalue weighted by Gasteiger charge is -2.55. The van der Waals surface area contributed by atoms with E-state index in [4.69, 9.17) is 9.47 Å². The summed E-state index contributed by atoms with van der Waals surface area (Å²) < 4.78 is 12.7. The first-order valence-electron chi connectivity index (χ1n) is 8.86. The van der Waals surface area contributed by atoms with Gasteiger partial charge in [0.2, 0.25) is 0 Å². The molecule has 1 saturated carbocycles. The number of fused-ring (bicyclic) bond motifs is 1. The zero-order valence-corrected chi connectivity index (χ0v) is 14.4. The summed E-state index contributed by atoms with van der Waals surface area (Å²) in [6.07, 6.45) is 5.04. The van der Waals surface area contributed by atoms with Crippen LogP contribution in [0.2, 0.25) is 0 Å². The number of rotatable bonds is 2. The van der Waals surface area contributed by atoms with E-state index in [1.54, 1.807) is 6.07 Å². The molecule has 3 aliphatic carbocycles. The van der Waals surface area contributed by atoms with Crippen LogP contribution in [0.4, 0.5) is 0 Å². The van der Waals surface area contributed by atoms with E-state index in [1.807, 2.05) is 44.2 Å². The van der Waals surface area contributed by atoms with Crippen molar-refractivity contribution >= 4 is 11.6 Å². The summed E-state index contributed by atoms with van der Waals surface area (Å²) in [4.78, 5) is 26.5. The molecule has 1 aromatic rings. The van der Waals surface area contributed by atoms with Crippen molar-refractivity contribution in [3.8, 4) is 5.75 Å². The molecule has 4 atom stereocenters. The molecule has 1 saturated heterocycles. The Morgan fingerprint density at radius 3 is 2.88 bits per heavy atom. The third-order valence-corrected chi connectivity index (χ3v) is 6.19. The molecule has 4 heteroatoms. The van der Waals surface area contributed by atoms with Crippen LogP contribution in [-0.4, -0.2) is 29.4 Å². The molecule has 0 unspecified atom stereocenters. The minimum Gasteiger partial charge on any atom is -0.478 e. The maximum atomic E-state index is 13.3. The normalized spacial score (nSPS) is 37.1. The molecule has 0 radical (unpaired) electrons. The van der Waals surface area contributed by atoms with Gasteiger partial charge < -0.3 is 9.47 Å². The van der Waals surface area contributed by atoms with Gasteiger partial charge in [0.15, 0.2) is 22.8 Å². The van der Waals surface area contributed by atoms with Gasteiger partial charge in [-0.2, -0.15) is 0 Å². The fourth-order valence-electron chi connectivity index (χ4n) is 5.09. The molecular formula is C21H20O4. The van der Waals surface area contributed by atoms with Crippen LogP contribution in [0.3, 0.4) is 0 Å². The minimum atomic E-state index is -1.08.